The Morgan fingerprint density at radius 1 is 0.882 bits per heavy atom. The first-order valence-electron chi connectivity index (χ1n) is 14.5. The second-order valence-corrected chi connectivity index (χ2v) is 15.3. The highest BCUT2D eigenvalue weighted by atomic mass is 16.5. The van der Waals surface area contributed by atoms with E-state index in [9.17, 15) is 15.3 Å². The summed E-state index contributed by atoms with van der Waals surface area (Å²) in [7, 11) is 0. The molecule has 0 amide bonds. The molecule has 194 valence electrons. The summed E-state index contributed by atoms with van der Waals surface area (Å²) >= 11 is 0. The van der Waals surface area contributed by atoms with Gasteiger partial charge in [0.25, 0.3) is 0 Å². The lowest BCUT2D eigenvalue weighted by Crippen LogP contribution is -2.59. The fraction of sp³-hybridized carbons (Fsp3) is 1.00. The molecule has 5 aliphatic carbocycles. The van der Waals surface area contributed by atoms with Crippen molar-refractivity contribution in [2.75, 3.05) is 0 Å². The van der Waals surface area contributed by atoms with Crippen molar-refractivity contribution in [3.05, 3.63) is 0 Å². The minimum absolute atomic E-state index is 0.00547. The molecule has 13 atom stereocenters. The zero-order valence-electron chi connectivity index (χ0n) is 22.7. The van der Waals surface area contributed by atoms with Crippen LogP contribution in [0, 0.1) is 56.7 Å². The van der Waals surface area contributed by atoms with E-state index in [0.717, 1.165) is 12.8 Å². The fourth-order valence-electron chi connectivity index (χ4n) is 12.0. The van der Waals surface area contributed by atoms with Gasteiger partial charge in [0.05, 0.1) is 30.5 Å². The number of hydrogen-bond acceptors (Lipinski definition) is 4. The van der Waals surface area contributed by atoms with E-state index in [1.165, 1.54) is 38.5 Å². The Kier molecular flexibility index (Phi) is 5.00. The first-order valence-corrected chi connectivity index (χ1v) is 14.5. The van der Waals surface area contributed by atoms with Gasteiger partial charge in [-0.25, -0.2) is 0 Å². The van der Waals surface area contributed by atoms with Crippen molar-refractivity contribution in [2.24, 2.45) is 56.7 Å². The van der Waals surface area contributed by atoms with Crippen LogP contribution in [0.15, 0.2) is 0 Å². The van der Waals surface area contributed by atoms with Gasteiger partial charge in [0, 0.05) is 5.41 Å². The lowest BCUT2D eigenvalue weighted by atomic mass is 9.41. The Labute approximate surface area is 207 Å². The van der Waals surface area contributed by atoms with Crippen molar-refractivity contribution in [1.29, 1.82) is 0 Å². The minimum Gasteiger partial charge on any atom is -0.393 e. The molecule has 6 aliphatic rings. The Morgan fingerprint density at radius 2 is 1.53 bits per heavy atom. The molecular formula is C30H50O4. The third kappa shape index (κ3) is 2.51. The fourth-order valence-corrected chi connectivity index (χ4v) is 12.0. The second-order valence-electron chi connectivity index (χ2n) is 15.3. The molecule has 2 spiro atoms. The van der Waals surface area contributed by atoms with Crippen LogP contribution in [0.2, 0.25) is 0 Å². The van der Waals surface area contributed by atoms with Crippen LogP contribution in [-0.2, 0) is 4.74 Å². The van der Waals surface area contributed by atoms with E-state index in [1.54, 1.807) is 0 Å². The molecule has 4 heteroatoms. The molecule has 3 N–H and O–H groups in total. The maximum Gasteiger partial charge on any atom is 0.0880 e. The van der Waals surface area contributed by atoms with Crippen molar-refractivity contribution in [1.82, 2.24) is 0 Å². The number of ether oxygens (including phenoxy) is 1. The van der Waals surface area contributed by atoms with E-state index in [1.807, 2.05) is 0 Å². The van der Waals surface area contributed by atoms with Crippen LogP contribution in [0.4, 0.5) is 0 Å². The maximum atomic E-state index is 12.2. The first kappa shape index (κ1) is 24.2. The summed E-state index contributed by atoms with van der Waals surface area (Å²) < 4.78 is 6.68. The molecule has 1 unspecified atom stereocenters. The lowest BCUT2D eigenvalue weighted by Gasteiger charge is -2.63. The van der Waals surface area contributed by atoms with Gasteiger partial charge in [-0.05, 0) is 103 Å². The summed E-state index contributed by atoms with van der Waals surface area (Å²) in [6, 6.07) is 0. The Bertz CT molecular complexity index is 855. The van der Waals surface area contributed by atoms with Gasteiger partial charge in [0.2, 0.25) is 0 Å². The molecule has 34 heavy (non-hydrogen) atoms. The van der Waals surface area contributed by atoms with Crippen molar-refractivity contribution in [3.8, 4) is 0 Å². The summed E-state index contributed by atoms with van der Waals surface area (Å²) in [5.74, 6) is 2.11. The molecule has 5 saturated carbocycles. The van der Waals surface area contributed by atoms with Crippen LogP contribution in [0.3, 0.4) is 0 Å². The Hall–Kier alpha value is -0.160. The number of hydrogen-bond donors (Lipinski definition) is 3. The normalized spacial score (nSPS) is 60.4. The van der Waals surface area contributed by atoms with Gasteiger partial charge >= 0.3 is 0 Å². The van der Waals surface area contributed by atoms with E-state index >= 15 is 0 Å². The smallest absolute Gasteiger partial charge is 0.0880 e. The molecule has 1 saturated heterocycles. The van der Waals surface area contributed by atoms with Crippen molar-refractivity contribution >= 4 is 0 Å². The van der Waals surface area contributed by atoms with Gasteiger partial charge in [0.15, 0.2) is 0 Å². The molecule has 6 fully saturated rings. The van der Waals surface area contributed by atoms with Crippen LogP contribution in [-0.4, -0.2) is 45.8 Å². The zero-order chi connectivity index (χ0) is 24.6. The molecule has 0 aromatic rings. The summed E-state index contributed by atoms with van der Waals surface area (Å²) in [5, 5.41) is 33.9. The van der Waals surface area contributed by atoms with Crippen LogP contribution in [0.1, 0.15) is 99.8 Å². The average molecular weight is 475 g/mol. The van der Waals surface area contributed by atoms with Crippen LogP contribution < -0.4 is 0 Å². The van der Waals surface area contributed by atoms with Crippen molar-refractivity contribution < 1.29 is 20.1 Å². The molecule has 1 heterocycles. The van der Waals surface area contributed by atoms with Gasteiger partial charge < -0.3 is 20.1 Å². The molecule has 0 aromatic carbocycles. The molecule has 0 bridgehead atoms. The van der Waals surface area contributed by atoms with E-state index in [0.29, 0.717) is 34.5 Å². The van der Waals surface area contributed by atoms with E-state index in [4.69, 9.17) is 4.74 Å². The molecular weight excluding hydrogens is 424 g/mol. The highest BCUT2D eigenvalue weighted by molar-refractivity contribution is 5.32. The van der Waals surface area contributed by atoms with E-state index in [-0.39, 0.29) is 40.5 Å². The zero-order valence-corrected chi connectivity index (χ0v) is 22.7. The molecule has 1 aliphatic heterocycles. The molecule has 4 nitrogen and oxygen atoms in total. The summed E-state index contributed by atoms with van der Waals surface area (Å²) in [6.07, 6.45) is 7.70. The van der Waals surface area contributed by atoms with Crippen LogP contribution in [0.5, 0.6) is 0 Å². The second kappa shape index (κ2) is 7.03. The molecule has 6 rings (SSSR count). The van der Waals surface area contributed by atoms with Crippen LogP contribution >= 0.6 is 0 Å². The van der Waals surface area contributed by atoms with Gasteiger partial charge in [-0.1, -0.05) is 48.5 Å². The van der Waals surface area contributed by atoms with E-state index in [2.05, 4.69) is 48.5 Å². The van der Waals surface area contributed by atoms with Crippen LogP contribution in [0.25, 0.3) is 0 Å². The van der Waals surface area contributed by atoms with E-state index < -0.39 is 12.2 Å². The van der Waals surface area contributed by atoms with Gasteiger partial charge in [-0.15, -0.1) is 0 Å². The van der Waals surface area contributed by atoms with Crippen molar-refractivity contribution in [2.45, 2.75) is 130 Å². The first-order chi connectivity index (χ1) is 15.8. The van der Waals surface area contributed by atoms with Gasteiger partial charge in [0.1, 0.15) is 0 Å². The van der Waals surface area contributed by atoms with Crippen molar-refractivity contribution in [3.63, 3.8) is 0 Å². The largest absolute Gasteiger partial charge is 0.393 e. The number of rotatable bonds is 2. The summed E-state index contributed by atoms with van der Waals surface area (Å²) in [5.41, 5.74) is 0.631. The highest BCUT2D eigenvalue weighted by Crippen LogP contribution is 2.89. The third-order valence-corrected chi connectivity index (χ3v) is 13.9. The average Bonchev–Trinajstić information content (AvgIpc) is 3.41. The topological polar surface area (TPSA) is 69.9 Å². The highest BCUT2D eigenvalue weighted by Gasteiger charge is 2.84. The minimum atomic E-state index is -0.469. The Morgan fingerprint density at radius 3 is 2.21 bits per heavy atom. The maximum absolute atomic E-state index is 12.2. The quantitative estimate of drug-likeness (QED) is 0.516. The summed E-state index contributed by atoms with van der Waals surface area (Å²) in [6.45, 7) is 16.0. The standard InChI is InChI=1S/C30H50O4/c1-16(2)23(32)18-14-17(3)22-24(34-18)25(33)28(7)20-9-8-19-26(4,5)21(31)10-11-29(19)15-30(20,29)13-12-27(22,28)6/h16-25,31-33H,8-15H2,1-7H3/t17-,18-,19+,20+,21+,22+,23?,24+,25+,27-,28-,29-,30+/m1/s1. The van der Waals surface area contributed by atoms with Gasteiger partial charge in [-0.2, -0.15) is 0 Å². The number of aliphatic hydroxyl groups is 3. The molecule has 0 aromatic heterocycles. The summed E-state index contributed by atoms with van der Waals surface area (Å²) in [4.78, 5) is 0. The Balaban J connectivity index is 1.37. The van der Waals surface area contributed by atoms with Gasteiger partial charge in [-0.3, -0.25) is 0 Å². The SMILES string of the molecule is CC(C)C(O)[C@H]1C[C@@H](C)[C@H]2[C@H](O1)[C@H](O)[C@@]1(C)[C@@H]3CC[C@H]4C(C)(C)[C@@H](O)CC[C@@]45C[C@@]35CC[C@]21C. The lowest BCUT2D eigenvalue weighted by molar-refractivity contribution is -0.184. The molecule has 0 radical (unpaired) electrons. The third-order valence-electron chi connectivity index (χ3n) is 13.9. The predicted molar refractivity (Wildman–Crippen MR) is 133 cm³/mol. The predicted octanol–water partition coefficient (Wildman–Crippen LogP) is 5.18. The monoisotopic (exact) mass is 474 g/mol. The number of fused-ring (bicyclic) bond motifs is 4. The number of aliphatic hydroxyl groups excluding tert-OH is 3.